The minimum absolute atomic E-state index is 0.143. The quantitative estimate of drug-likeness (QED) is 0.939. The first kappa shape index (κ1) is 14.5. The van der Waals surface area contributed by atoms with E-state index < -0.39 is 0 Å². The van der Waals surface area contributed by atoms with Crippen molar-refractivity contribution in [3.63, 3.8) is 0 Å². The third-order valence-corrected chi connectivity index (χ3v) is 4.21. The highest BCUT2D eigenvalue weighted by Crippen LogP contribution is 2.29. The van der Waals surface area contributed by atoms with E-state index in [4.69, 9.17) is 0 Å². The van der Waals surface area contributed by atoms with Gasteiger partial charge in [-0.3, -0.25) is 9.79 Å². The monoisotopic (exact) mass is 313 g/mol. The molecule has 0 saturated heterocycles. The highest BCUT2D eigenvalue weighted by molar-refractivity contribution is 7.17. The van der Waals surface area contributed by atoms with Crippen LogP contribution in [0.4, 0.5) is 5.00 Å². The summed E-state index contributed by atoms with van der Waals surface area (Å²) < 4.78 is 0. The fraction of sp³-hybridized carbons (Fsp3) is 0.267. The SMILES string of the molecule is Cc1nc(C2=CCCN=C2)sc1NC(=O)Cc1ncccn1. The Labute approximate surface area is 132 Å². The summed E-state index contributed by atoms with van der Waals surface area (Å²) in [6.07, 6.45) is 8.29. The number of aliphatic imine (C=N–C) groups is 1. The molecule has 0 bridgehead atoms. The van der Waals surface area contributed by atoms with Crippen molar-refractivity contribution in [1.29, 1.82) is 0 Å². The van der Waals surface area contributed by atoms with Gasteiger partial charge >= 0.3 is 0 Å². The van der Waals surface area contributed by atoms with Crippen LogP contribution in [-0.2, 0) is 11.2 Å². The minimum atomic E-state index is -0.143. The molecule has 0 aromatic carbocycles. The number of anilines is 1. The minimum Gasteiger partial charge on any atom is -0.316 e. The molecule has 112 valence electrons. The first-order chi connectivity index (χ1) is 10.7. The molecule has 0 fully saturated rings. The van der Waals surface area contributed by atoms with Gasteiger partial charge in [0.25, 0.3) is 0 Å². The van der Waals surface area contributed by atoms with Crippen LogP contribution in [0.25, 0.3) is 5.57 Å². The van der Waals surface area contributed by atoms with Crippen molar-refractivity contribution in [3.8, 4) is 0 Å². The molecule has 1 aliphatic heterocycles. The lowest BCUT2D eigenvalue weighted by atomic mass is 10.2. The van der Waals surface area contributed by atoms with Gasteiger partial charge in [-0.2, -0.15) is 0 Å². The Morgan fingerprint density at radius 1 is 1.36 bits per heavy atom. The number of nitrogens with one attached hydrogen (secondary N) is 1. The number of aromatic nitrogens is 3. The molecule has 6 nitrogen and oxygen atoms in total. The molecule has 3 rings (SSSR count). The molecule has 22 heavy (non-hydrogen) atoms. The van der Waals surface area contributed by atoms with E-state index in [0.29, 0.717) is 5.82 Å². The van der Waals surface area contributed by atoms with Crippen molar-refractivity contribution in [3.05, 3.63) is 41.1 Å². The molecule has 1 amide bonds. The Hall–Kier alpha value is -2.41. The van der Waals surface area contributed by atoms with Crippen LogP contribution in [0.2, 0.25) is 0 Å². The highest BCUT2D eigenvalue weighted by atomic mass is 32.1. The number of dihydropyridines is 1. The van der Waals surface area contributed by atoms with Crippen LogP contribution in [0, 0.1) is 6.92 Å². The van der Waals surface area contributed by atoms with Crippen molar-refractivity contribution in [1.82, 2.24) is 15.0 Å². The highest BCUT2D eigenvalue weighted by Gasteiger charge is 2.14. The topological polar surface area (TPSA) is 80.1 Å². The van der Waals surface area contributed by atoms with E-state index in [1.54, 1.807) is 18.5 Å². The first-order valence-corrected chi connectivity index (χ1v) is 7.77. The van der Waals surface area contributed by atoms with Crippen molar-refractivity contribution in [2.24, 2.45) is 4.99 Å². The standard InChI is InChI=1S/C15H15N5OS/c1-10-14(20-13(21)8-12-17-6-3-7-18-12)22-15(19-10)11-4-2-5-16-9-11/h3-4,6-7,9H,2,5,8H2,1H3,(H,20,21). The van der Waals surface area contributed by atoms with Crippen LogP contribution >= 0.6 is 11.3 Å². The molecular weight excluding hydrogens is 298 g/mol. The fourth-order valence-corrected chi connectivity index (χ4v) is 3.01. The number of hydrogen-bond donors (Lipinski definition) is 1. The summed E-state index contributed by atoms with van der Waals surface area (Å²) in [6.45, 7) is 2.71. The Morgan fingerprint density at radius 3 is 2.91 bits per heavy atom. The summed E-state index contributed by atoms with van der Waals surface area (Å²) in [5.74, 6) is 0.361. The summed E-state index contributed by atoms with van der Waals surface area (Å²) in [6, 6.07) is 1.72. The number of rotatable bonds is 4. The van der Waals surface area contributed by atoms with Crippen molar-refractivity contribution < 1.29 is 4.79 Å². The summed E-state index contributed by atoms with van der Waals surface area (Å²) in [5.41, 5.74) is 1.83. The van der Waals surface area contributed by atoms with Crippen LogP contribution in [0.5, 0.6) is 0 Å². The number of thiazole rings is 1. The number of aryl methyl sites for hydroxylation is 1. The Kier molecular flexibility index (Phi) is 4.34. The van der Waals surface area contributed by atoms with Gasteiger partial charge in [0, 0.05) is 30.7 Å². The molecule has 0 aliphatic carbocycles. The van der Waals surface area contributed by atoms with Gasteiger partial charge in [-0.25, -0.2) is 15.0 Å². The normalized spacial score (nSPS) is 13.8. The lowest BCUT2D eigenvalue weighted by Crippen LogP contribution is -2.15. The van der Waals surface area contributed by atoms with Crippen molar-refractivity contribution in [2.75, 3.05) is 11.9 Å². The number of amides is 1. The van der Waals surface area contributed by atoms with E-state index in [1.807, 2.05) is 13.1 Å². The van der Waals surface area contributed by atoms with E-state index in [2.05, 4.69) is 31.3 Å². The Bertz CT molecular complexity index is 736. The zero-order chi connectivity index (χ0) is 15.4. The molecule has 0 atom stereocenters. The second-order valence-electron chi connectivity index (χ2n) is 4.81. The maximum atomic E-state index is 12.1. The number of hydrogen-bond acceptors (Lipinski definition) is 6. The zero-order valence-corrected chi connectivity index (χ0v) is 12.9. The lowest BCUT2D eigenvalue weighted by Gasteiger charge is -2.02. The smallest absolute Gasteiger partial charge is 0.232 e. The van der Waals surface area contributed by atoms with Gasteiger partial charge in [-0.1, -0.05) is 17.4 Å². The van der Waals surface area contributed by atoms with Gasteiger partial charge in [0.15, 0.2) is 0 Å². The van der Waals surface area contributed by atoms with E-state index >= 15 is 0 Å². The zero-order valence-electron chi connectivity index (χ0n) is 12.1. The molecule has 0 saturated carbocycles. The molecular formula is C15H15N5OS. The van der Waals surface area contributed by atoms with Gasteiger partial charge in [-0.15, -0.1) is 0 Å². The second-order valence-corrected chi connectivity index (χ2v) is 5.81. The van der Waals surface area contributed by atoms with E-state index in [-0.39, 0.29) is 12.3 Å². The Balaban J connectivity index is 1.70. The molecule has 0 radical (unpaired) electrons. The second kappa shape index (κ2) is 6.57. The Morgan fingerprint density at radius 2 is 2.18 bits per heavy atom. The predicted octanol–water partition coefficient (Wildman–Crippen LogP) is 2.28. The van der Waals surface area contributed by atoms with Gasteiger partial charge < -0.3 is 5.32 Å². The van der Waals surface area contributed by atoms with Crippen LogP contribution < -0.4 is 5.32 Å². The van der Waals surface area contributed by atoms with Gasteiger partial charge in [0.1, 0.15) is 15.8 Å². The largest absolute Gasteiger partial charge is 0.316 e. The molecule has 1 aliphatic rings. The van der Waals surface area contributed by atoms with Crippen molar-refractivity contribution >= 4 is 34.0 Å². The van der Waals surface area contributed by atoms with E-state index in [1.165, 1.54) is 11.3 Å². The molecule has 0 unspecified atom stereocenters. The average molecular weight is 313 g/mol. The summed E-state index contributed by atoms with van der Waals surface area (Å²) in [5, 5.41) is 4.53. The van der Waals surface area contributed by atoms with Crippen LogP contribution in [0.15, 0.2) is 29.5 Å². The maximum Gasteiger partial charge on any atom is 0.232 e. The number of nitrogens with zero attached hydrogens (tertiary/aromatic N) is 4. The lowest BCUT2D eigenvalue weighted by molar-refractivity contribution is -0.115. The first-order valence-electron chi connectivity index (χ1n) is 6.96. The average Bonchev–Trinajstić information content (AvgIpc) is 2.90. The van der Waals surface area contributed by atoms with Gasteiger partial charge in [0.05, 0.1) is 12.1 Å². The molecule has 7 heteroatoms. The van der Waals surface area contributed by atoms with E-state index in [0.717, 1.165) is 34.2 Å². The molecule has 1 N–H and O–H groups in total. The number of allylic oxidation sites excluding steroid dienone is 1. The number of carbonyl (C=O) groups is 1. The molecule has 3 heterocycles. The third-order valence-electron chi connectivity index (χ3n) is 3.09. The summed E-state index contributed by atoms with van der Waals surface area (Å²) >= 11 is 1.46. The summed E-state index contributed by atoms with van der Waals surface area (Å²) in [7, 11) is 0. The summed E-state index contributed by atoms with van der Waals surface area (Å²) in [4.78, 5) is 28.9. The molecule has 2 aromatic heterocycles. The van der Waals surface area contributed by atoms with Gasteiger partial charge in [-0.05, 0) is 19.4 Å². The number of carbonyl (C=O) groups excluding carboxylic acids is 1. The van der Waals surface area contributed by atoms with Crippen LogP contribution in [-0.4, -0.2) is 33.6 Å². The van der Waals surface area contributed by atoms with E-state index in [9.17, 15) is 4.79 Å². The third kappa shape index (κ3) is 3.43. The molecule has 2 aromatic rings. The predicted molar refractivity (Wildman–Crippen MR) is 87.2 cm³/mol. The van der Waals surface area contributed by atoms with Crippen LogP contribution in [0.1, 0.15) is 22.9 Å². The van der Waals surface area contributed by atoms with Gasteiger partial charge in [0.2, 0.25) is 5.91 Å². The fourth-order valence-electron chi connectivity index (χ4n) is 2.02. The molecule has 0 spiro atoms. The van der Waals surface area contributed by atoms with Crippen LogP contribution in [0.3, 0.4) is 0 Å². The maximum absolute atomic E-state index is 12.1. The van der Waals surface area contributed by atoms with Crippen molar-refractivity contribution in [2.45, 2.75) is 19.8 Å².